The number of aromatic nitrogens is 3. The zero-order chi connectivity index (χ0) is 30.2. The highest BCUT2D eigenvalue weighted by Gasteiger charge is 2.68. The van der Waals surface area contributed by atoms with E-state index in [4.69, 9.17) is 9.47 Å². The Morgan fingerprint density at radius 1 is 1.19 bits per heavy atom. The van der Waals surface area contributed by atoms with Crippen LogP contribution in [0.1, 0.15) is 62.6 Å². The van der Waals surface area contributed by atoms with E-state index in [2.05, 4.69) is 44.1 Å². The number of carbonyl (C=O) groups excluding carboxylic acids is 1. The number of allylic oxidation sites excluding steroid dienone is 1. The van der Waals surface area contributed by atoms with Crippen LogP contribution >= 0.6 is 0 Å². The van der Waals surface area contributed by atoms with E-state index in [0.717, 1.165) is 28.0 Å². The van der Waals surface area contributed by atoms with Gasteiger partial charge in [0.25, 0.3) is 5.91 Å². The van der Waals surface area contributed by atoms with Crippen molar-refractivity contribution in [1.82, 2.24) is 15.0 Å². The summed E-state index contributed by atoms with van der Waals surface area (Å²) in [6.07, 6.45) is 3.14. The van der Waals surface area contributed by atoms with Gasteiger partial charge < -0.3 is 19.4 Å². The molecule has 1 aromatic heterocycles. The summed E-state index contributed by atoms with van der Waals surface area (Å²) in [6, 6.07) is 13.3. The zero-order valence-electron chi connectivity index (χ0n) is 25.3. The van der Waals surface area contributed by atoms with Gasteiger partial charge in [0.05, 0.1) is 30.6 Å². The fourth-order valence-electron chi connectivity index (χ4n) is 7.62. The number of aryl methyl sites for hydroxylation is 1. The van der Waals surface area contributed by atoms with Gasteiger partial charge in [-0.25, -0.2) is 0 Å². The van der Waals surface area contributed by atoms with E-state index in [9.17, 15) is 14.7 Å². The Kier molecular flexibility index (Phi) is 6.77. The topological polar surface area (TPSA) is 110 Å². The molecule has 4 heterocycles. The number of fused-ring (bicyclic) bond motifs is 1. The molecule has 0 unspecified atom stereocenters. The molecular formula is C32H40N4O5Si. The lowest BCUT2D eigenvalue weighted by atomic mass is 9.81. The Bertz CT molecular complexity index is 1560. The number of ether oxygens (including phenoxy) is 2. The lowest BCUT2D eigenvalue weighted by Crippen LogP contribution is -2.53. The molecule has 1 spiro atoms. The van der Waals surface area contributed by atoms with Gasteiger partial charge in [-0.3, -0.25) is 14.4 Å². The molecule has 9 nitrogen and oxygen atoms in total. The third kappa shape index (κ3) is 4.26. The Morgan fingerprint density at radius 2 is 1.90 bits per heavy atom. The van der Waals surface area contributed by atoms with Crippen LogP contribution in [0.15, 0.2) is 54.7 Å². The van der Waals surface area contributed by atoms with E-state index in [0.29, 0.717) is 24.4 Å². The van der Waals surface area contributed by atoms with E-state index in [1.54, 1.807) is 18.0 Å². The van der Waals surface area contributed by atoms with E-state index < -0.39 is 25.6 Å². The van der Waals surface area contributed by atoms with Gasteiger partial charge in [-0.2, -0.15) is 0 Å². The van der Waals surface area contributed by atoms with Gasteiger partial charge in [-0.1, -0.05) is 48.5 Å². The second kappa shape index (κ2) is 9.87. The maximum Gasteiger partial charge on any atom is 0.265 e. The predicted octanol–water partition coefficient (Wildman–Crippen LogP) is 4.80. The van der Waals surface area contributed by atoms with Gasteiger partial charge >= 0.3 is 0 Å². The number of hydrogen-bond donors (Lipinski definition) is 2. The summed E-state index contributed by atoms with van der Waals surface area (Å²) in [5.74, 6) is 0.312. The molecule has 5 atom stereocenters. The van der Waals surface area contributed by atoms with Crippen molar-refractivity contribution in [3.8, 4) is 5.75 Å². The largest absolute Gasteiger partial charge is 0.497 e. The Hall–Kier alpha value is -3.31. The molecule has 0 aliphatic carbocycles. The molecule has 42 heavy (non-hydrogen) atoms. The summed E-state index contributed by atoms with van der Waals surface area (Å²) >= 11 is 0. The van der Waals surface area contributed by atoms with Crippen molar-refractivity contribution < 1.29 is 24.2 Å². The highest BCUT2D eigenvalue weighted by molar-refractivity contribution is 6.71. The van der Waals surface area contributed by atoms with Crippen LogP contribution in [0.3, 0.4) is 0 Å². The monoisotopic (exact) mass is 588 g/mol. The van der Waals surface area contributed by atoms with Crippen molar-refractivity contribution in [3.63, 3.8) is 0 Å². The third-order valence-corrected chi connectivity index (χ3v) is 11.9. The number of benzene rings is 2. The van der Waals surface area contributed by atoms with Crippen LogP contribution in [0.4, 0.5) is 5.69 Å². The molecule has 3 aliphatic rings. The lowest BCUT2D eigenvalue weighted by molar-refractivity contribution is -0.146. The van der Waals surface area contributed by atoms with E-state index in [-0.39, 0.29) is 23.5 Å². The fraction of sp³-hybridized carbons (Fsp3) is 0.469. The molecule has 0 radical (unpaired) electrons. The quantitative estimate of drug-likeness (QED) is 0.382. The zero-order valence-corrected chi connectivity index (χ0v) is 26.3. The van der Waals surface area contributed by atoms with Crippen molar-refractivity contribution in [1.29, 1.82) is 0 Å². The first-order chi connectivity index (χ1) is 19.8. The van der Waals surface area contributed by atoms with Crippen molar-refractivity contribution in [3.05, 3.63) is 77.1 Å². The molecule has 10 heteroatoms. The van der Waals surface area contributed by atoms with Crippen molar-refractivity contribution in [2.45, 2.75) is 82.6 Å². The van der Waals surface area contributed by atoms with Crippen LogP contribution < -0.4 is 9.64 Å². The van der Waals surface area contributed by atoms with Crippen LogP contribution in [-0.4, -0.2) is 57.9 Å². The van der Waals surface area contributed by atoms with Gasteiger partial charge in [-0.05, 0) is 63.6 Å². The van der Waals surface area contributed by atoms with Crippen LogP contribution in [-0.2, 0) is 21.7 Å². The van der Waals surface area contributed by atoms with Crippen LogP contribution in [0, 0.1) is 5.92 Å². The molecule has 3 aliphatic heterocycles. The van der Waals surface area contributed by atoms with Crippen molar-refractivity contribution in [2.24, 2.45) is 5.92 Å². The van der Waals surface area contributed by atoms with Gasteiger partial charge in [0.2, 0.25) is 0 Å². The second-order valence-electron chi connectivity index (χ2n) is 13.1. The van der Waals surface area contributed by atoms with Crippen LogP contribution in [0.5, 0.6) is 5.75 Å². The average molecular weight is 589 g/mol. The highest BCUT2D eigenvalue weighted by Crippen LogP contribution is 2.63. The number of anilines is 1. The average Bonchev–Trinajstić information content (AvgIpc) is 3.60. The highest BCUT2D eigenvalue weighted by atomic mass is 28.4. The molecule has 6 rings (SSSR count). The minimum Gasteiger partial charge on any atom is -0.497 e. The van der Waals surface area contributed by atoms with Crippen molar-refractivity contribution in [2.75, 3.05) is 12.0 Å². The molecule has 0 saturated carbocycles. The molecule has 1 fully saturated rings. The van der Waals surface area contributed by atoms with Gasteiger partial charge in [0.1, 0.15) is 17.5 Å². The summed E-state index contributed by atoms with van der Waals surface area (Å²) in [5.41, 5.74) is 2.97. The minimum atomic E-state index is -2.82. The summed E-state index contributed by atoms with van der Waals surface area (Å²) in [5, 5.41) is 19.3. The van der Waals surface area contributed by atoms with E-state index in [1.807, 2.05) is 60.5 Å². The Morgan fingerprint density at radius 3 is 2.57 bits per heavy atom. The molecule has 2 N–H and O–H groups in total. The Labute approximate surface area is 247 Å². The van der Waals surface area contributed by atoms with Crippen LogP contribution in [0.25, 0.3) is 5.57 Å². The molecule has 3 aromatic rings. The maximum absolute atomic E-state index is 14.7. The molecule has 1 saturated heterocycles. The normalized spacial score (nSPS) is 26.9. The number of amides is 1. The number of carbonyl (C=O) groups is 1. The number of nitrogens with zero attached hydrogens (tertiary/aromatic N) is 4. The number of rotatable bonds is 7. The van der Waals surface area contributed by atoms with Gasteiger partial charge in [-0.15, -0.1) is 5.10 Å². The van der Waals surface area contributed by atoms with E-state index in [1.165, 1.54) is 0 Å². The summed E-state index contributed by atoms with van der Waals surface area (Å²) in [7, 11) is -1.18. The Balaban J connectivity index is 1.35. The first-order valence-corrected chi connectivity index (χ1v) is 17.6. The molecule has 2 aromatic carbocycles. The lowest BCUT2D eigenvalue weighted by Gasteiger charge is -2.39. The summed E-state index contributed by atoms with van der Waals surface area (Å²) in [4.78, 5) is 28.1. The molecular weight excluding hydrogens is 548 g/mol. The molecule has 0 bridgehead atoms. The van der Waals surface area contributed by atoms with Gasteiger partial charge in [0, 0.05) is 29.1 Å². The van der Waals surface area contributed by atoms with Crippen LogP contribution in [0.2, 0.25) is 18.6 Å². The second-order valence-corrected chi connectivity index (χ2v) is 17.0. The van der Waals surface area contributed by atoms with E-state index >= 15 is 0 Å². The maximum atomic E-state index is 14.7. The summed E-state index contributed by atoms with van der Waals surface area (Å²) < 4.78 is 14.4. The first kappa shape index (κ1) is 28.8. The molecule has 1 amide bonds. The minimum absolute atomic E-state index is 0.0898. The number of aliphatic hydroxyl groups is 1. The van der Waals surface area contributed by atoms with Gasteiger partial charge in [0.15, 0.2) is 13.9 Å². The predicted molar refractivity (Wildman–Crippen MR) is 163 cm³/mol. The smallest absolute Gasteiger partial charge is 0.265 e. The van der Waals surface area contributed by atoms with Crippen molar-refractivity contribution >= 4 is 25.5 Å². The number of hydrogen-bond acceptors (Lipinski definition) is 7. The fourth-order valence-corrected chi connectivity index (χ4v) is 10.2. The number of methoxy groups -OCH3 is 1. The standard InChI is InChI=1S/C32H40N4O5Si/c1-19-17-31(3,4)36-27-23(19)15-22(40-5)16-24(27)32(30(36)38)20(2)29(42(6,7)39)26(41-32)13-14-35-18-25(33-34-35)28(37)21-11-9-8-10-12-21/h8-12,15-18,20,26,28-29,37,39H,13-14H2,1-7H3/t20-,26+,28-,29-,32+/m1/s1. The first-order valence-electron chi connectivity index (χ1n) is 14.6. The molecule has 222 valence electrons. The third-order valence-electron chi connectivity index (χ3n) is 9.36. The SMILES string of the molecule is COc1cc2c3c(c1)[C@]1(O[C@@H](CCn4cc([C@H](O)c5ccccc5)nn4)[C@H]([Si](C)(C)O)[C@H]1C)C(=O)N3C(C)(C)C=C2C. The summed E-state index contributed by atoms with van der Waals surface area (Å²) in [6.45, 7) is 12.5. The number of aliphatic hydroxyl groups excluding tert-OH is 1.